The molecule has 12 rings (SSSR count). The van der Waals surface area contributed by atoms with Crippen LogP contribution in [-0.2, 0) is 0 Å². The van der Waals surface area contributed by atoms with Crippen LogP contribution in [0.1, 0.15) is 0 Å². The van der Waals surface area contributed by atoms with E-state index < -0.39 is 0 Å². The number of hydrogen-bond donors (Lipinski definition) is 0. The lowest BCUT2D eigenvalue weighted by Crippen LogP contribution is -1.91. The van der Waals surface area contributed by atoms with E-state index in [0.717, 1.165) is 0 Å². The second kappa shape index (κ2) is 10.7. The molecule has 0 nitrogen and oxygen atoms in total. The van der Waals surface area contributed by atoms with E-state index in [9.17, 15) is 0 Å². The molecular formula is C50H28S2. The topological polar surface area (TPSA) is 0 Å². The summed E-state index contributed by atoms with van der Waals surface area (Å²) < 4.78 is 5.34. The summed E-state index contributed by atoms with van der Waals surface area (Å²) in [6.45, 7) is 0. The number of hydrogen-bond acceptors (Lipinski definition) is 2. The Morgan fingerprint density at radius 3 is 1.38 bits per heavy atom. The molecule has 0 N–H and O–H groups in total. The van der Waals surface area contributed by atoms with Crippen molar-refractivity contribution in [3.05, 3.63) is 170 Å². The number of fused-ring (bicyclic) bond motifs is 14. The van der Waals surface area contributed by atoms with Crippen molar-refractivity contribution >= 4 is 117 Å². The first-order valence-corrected chi connectivity index (χ1v) is 19.5. The van der Waals surface area contributed by atoms with E-state index >= 15 is 0 Å². The van der Waals surface area contributed by atoms with Crippen molar-refractivity contribution in [3.8, 4) is 22.3 Å². The minimum atomic E-state index is 1.26. The molecule has 240 valence electrons. The highest BCUT2D eigenvalue weighted by molar-refractivity contribution is 7.26. The zero-order chi connectivity index (χ0) is 33.9. The molecule has 0 unspecified atom stereocenters. The minimum Gasteiger partial charge on any atom is -0.135 e. The fraction of sp³-hybridized carbons (Fsp3) is 0. The Balaban J connectivity index is 1.15. The van der Waals surface area contributed by atoms with Gasteiger partial charge in [0.05, 0.1) is 0 Å². The zero-order valence-electron chi connectivity index (χ0n) is 28.0. The van der Waals surface area contributed by atoms with Gasteiger partial charge in [0.1, 0.15) is 0 Å². The molecule has 0 amide bonds. The quantitative estimate of drug-likeness (QED) is 0.125. The predicted octanol–water partition coefficient (Wildman–Crippen LogP) is 15.5. The molecule has 2 heterocycles. The molecule has 0 spiro atoms. The second-order valence-electron chi connectivity index (χ2n) is 13.9. The van der Waals surface area contributed by atoms with Crippen LogP contribution < -0.4 is 0 Å². The van der Waals surface area contributed by atoms with Crippen LogP contribution in [0, 0.1) is 0 Å². The maximum absolute atomic E-state index is 2.47. The van der Waals surface area contributed by atoms with Gasteiger partial charge in [0.2, 0.25) is 0 Å². The van der Waals surface area contributed by atoms with Gasteiger partial charge in [-0.3, -0.25) is 0 Å². The number of rotatable bonds is 2. The van der Waals surface area contributed by atoms with Gasteiger partial charge in [-0.25, -0.2) is 0 Å². The fourth-order valence-corrected chi connectivity index (χ4v) is 11.3. The van der Waals surface area contributed by atoms with Gasteiger partial charge in [-0.15, -0.1) is 22.7 Å². The molecular weight excluding hydrogens is 665 g/mol. The first kappa shape index (κ1) is 28.6. The molecule has 0 aliphatic heterocycles. The van der Waals surface area contributed by atoms with E-state index in [2.05, 4.69) is 170 Å². The van der Waals surface area contributed by atoms with E-state index in [-0.39, 0.29) is 0 Å². The summed E-state index contributed by atoms with van der Waals surface area (Å²) >= 11 is 3.81. The summed E-state index contributed by atoms with van der Waals surface area (Å²) in [4.78, 5) is 0. The third kappa shape index (κ3) is 3.91. The van der Waals surface area contributed by atoms with Gasteiger partial charge in [0.25, 0.3) is 0 Å². The Hall–Kier alpha value is -6.06. The SMILES string of the molecule is c1ccc2c(c1)sc1c(-c3c4ccccc4c(-c4ccc5sc6cc7c8ccccc8c8ccccc8c7cc6c5c4)c4ccccc34)cccc12. The summed E-state index contributed by atoms with van der Waals surface area (Å²) in [6.07, 6.45) is 0. The Kier molecular flexibility index (Phi) is 5.90. The van der Waals surface area contributed by atoms with Crippen LogP contribution in [0.4, 0.5) is 0 Å². The first-order valence-electron chi connectivity index (χ1n) is 17.8. The highest BCUT2D eigenvalue weighted by Crippen LogP contribution is 2.49. The summed E-state index contributed by atoms with van der Waals surface area (Å²) in [5, 5.41) is 18.4. The highest BCUT2D eigenvalue weighted by atomic mass is 32.1. The Labute approximate surface area is 307 Å². The summed E-state index contributed by atoms with van der Waals surface area (Å²) in [5.74, 6) is 0. The largest absolute Gasteiger partial charge is 0.135 e. The smallest absolute Gasteiger partial charge is 0.0434 e. The molecule has 0 saturated carbocycles. The average Bonchev–Trinajstić information content (AvgIpc) is 3.77. The molecule has 0 atom stereocenters. The molecule has 2 heteroatoms. The maximum Gasteiger partial charge on any atom is 0.0434 e. The lowest BCUT2D eigenvalue weighted by molar-refractivity contribution is 1.71. The van der Waals surface area contributed by atoms with Gasteiger partial charge >= 0.3 is 0 Å². The normalized spacial score (nSPS) is 12.2. The molecule has 12 aromatic rings. The van der Waals surface area contributed by atoms with Crippen molar-refractivity contribution in [1.29, 1.82) is 0 Å². The maximum atomic E-state index is 2.47. The van der Waals surface area contributed by atoms with Crippen LogP contribution in [0.5, 0.6) is 0 Å². The molecule has 0 fully saturated rings. The Bertz CT molecular complexity index is 3410. The summed E-state index contributed by atoms with van der Waals surface area (Å²) in [5.41, 5.74) is 5.19. The van der Waals surface area contributed by atoms with Crippen LogP contribution >= 0.6 is 22.7 Å². The molecule has 0 aliphatic rings. The van der Waals surface area contributed by atoms with Crippen LogP contribution in [0.25, 0.3) is 116 Å². The highest BCUT2D eigenvalue weighted by Gasteiger charge is 2.20. The second-order valence-corrected chi connectivity index (χ2v) is 16.1. The first-order chi connectivity index (χ1) is 25.8. The molecule has 0 bridgehead atoms. The van der Waals surface area contributed by atoms with Gasteiger partial charge in [-0.1, -0.05) is 140 Å². The van der Waals surface area contributed by atoms with Gasteiger partial charge in [0, 0.05) is 45.9 Å². The predicted molar refractivity (Wildman–Crippen MR) is 231 cm³/mol. The van der Waals surface area contributed by atoms with Crippen molar-refractivity contribution in [2.75, 3.05) is 0 Å². The zero-order valence-corrected chi connectivity index (χ0v) is 29.6. The molecule has 52 heavy (non-hydrogen) atoms. The van der Waals surface area contributed by atoms with Crippen molar-refractivity contribution in [3.63, 3.8) is 0 Å². The standard InChI is InChI=1S/C50H28S2/c1-3-14-32-30(12-1)31-13-2-4-15-33(31)42-28-47-44(27-41(32)42)43-26-29(24-25-46(43)51-47)48-35-17-5-7-19-37(35)49(38-20-8-6-18-36(38)48)40-22-11-21-39-34-16-9-10-23-45(34)52-50(39)40/h1-28H. The lowest BCUT2D eigenvalue weighted by Gasteiger charge is -2.18. The average molecular weight is 693 g/mol. The number of thiophene rings is 2. The van der Waals surface area contributed by atoms with Gasteiger partial charge in [-0.05, 0) is 101 Å². The molecule has 2 aromatic heterocycles. The van der Waals surface area contributed by atoms with E-state index in [1.54, 1.807) is 0 Å². The molecule has 0 radical (unpaired) electrons. The van der Waals surface area contributed by atoms with Gasteiger partial charge in [0.15, 0.2) is 0 Å². The third-order valence-electron chi connectivity index (χ3n) is 11.2. The van der Waals surface area contributed by atoms with E-state index in [0.29, 0.717) is 0 Å². The van der Waals surface area contributed by atoms with Crippen LogP contribution in [0.15, 0.2) is 170 Å². The monoisotopic (exact) mass is 692 g/mol. The van der Waals surface area contributed by atoms with Gasteiger partial charge in [-0.2, -0.15) is 0 Å². The van der Waals surface area contributed by atoms with E-state index in [1.807, 2.05) is 22.7 Å². The Morgan fingerprint density at radius 2 is 0.731 bits per heavy atom. The lowest BCUT2D eigenvalue weighted by atomic mass is 9.85. The van der Waals surface area contributed by atoms with Crippen molar-refractivity contribution in [1.82, 2.24) is 0 Å². The molecule has 0 aliphatic carbocycles. The molecule has 10 aromatic carbocycles. The van der Waals surface area contributed by atoms with Crippen LogP contribution in [-0.4, -0.2) is 0 Å². The minimum absolute atomic E-state index is 1.26. The molecule has 0 saturated heterocycles. The number of benzene rings is 10. The van der Waals surface area contributed by atoms with Crippen LogP contribution in [0.2, 0.25) is 0 Å². The fourth-order valence-electron chi connectivity index (χ4n) is 9.00. The van der Waals surface area contributed by atoms with E-state index in [4.69, 9.17) is 0 Å². The van der Waals surface area contributed by atoms with Crippen molar-refractivity contribution in [2.45, 2.75) is 0 Å². The summed E-state index contributed by atoms with van der Waals surface area (Å²) in [7, 11) is 0. The third-order valence-corrected chi connectivity index (χ3v) is 13.6. The Morgan fingerprint density at radius 1 is 0.250 bits per heavy atom. The van der Waals surface area contributed by atoms with Crippen molar-refractivity contribution < 1.29 is 0 Å². The van der Waals surface area contributed by atoms with Gasteiger partial charge < -0.3 is 0 Å². The summed E-state index contributed by atoms with van der Waals surface area (Å²) in [6, 6.07) is 63.6. The van der Waals surface area contributed by atoms with Crippen LogP contribution in [0.3, 0.4) is 0 Å². The van der Waals surface area contributed by atoms with E-state index in [1.165, 1.54) is 116 Å². The van der Waals surface area contributed by atoms with Crippen molar-refractivity contribution in [2.24, 2.45) is 0 Å².